The van der Waals surface area contributed by atoms with Gasteiger partial charge >= 0.3 is 0 Å². The first-order chi connectivity index (χ1) is 11.8. The predicted molar refractivity (Wildman–Crippen MR) is 99.2 cm³/mol. The van der Waals surface area contributed by atoms with Crippen LogP contribution < -0.4 is 0 Å². The molecule has 2 fully saturated rings. The molecule has 1 atom stereocenters. The van der Waals surface area contributed by atoms with Crippen molar-refractivity contribution >= 4 is 0 Å². The molecule has 4 heteroatoms. The minimum Gasteiger partial charge on any atom is -0.384 e. The van der Waals surface area contributed by atoms with E-state index in [4.69, 9.17) is 4.74 Å². The van der Waals surface area contributed by atoms with Crippen molar-refractivity contribution < 1.29 is 4.74 Å². The fourth-order valence-corrected chi connectivity index (χ4v) is 4.02. The minimum atomic E-state index is 0.742. The molecule has 1 aromatic carbocycles. The van der Waals surface area contributed by atoms with Gasteiger partial charge in [-0.25, -0.2) is 0 Å². The van der Waals surface area contributed by atoms with E-state index in [1.807, 2.05) is 7.11 Å². The Labute approximate surface area is 147 Å². The lowest BCUT2D eigenvalue weighted by Crippen LogP contribution is -2.49. The fraction of sp³-hybridized carbons (Fsp3) is 0.700. The van der Waals surface area contributed by atoms with Crippen LogP contribution in [0.4, 0.5) is 0 Å². The molecular formula is C20H33N3O. The molecule has 0 radical (unpaired) electrons. The molecular weight excluding hydrogens is 298 g/mol. The fourth-order valence-electron chi connectivity index (χ4n) is 4.02. The predicted octanol–water partition coefficient (Wildman–Crippen LogP) is 2.16. The molecule has 2 saturated heterocycles. The molecule has 0 aliphatic carbocycles. The second kappa shape index (κ2) is 9.52. The summed E-state index contributed by atoms with van der Waals surface area (Å²) in [6.45, 7) is 11.8. The summed E-state index contributed by atoms with van der Waals surface area (Å²) in [4.78, 5) is 7.87. The molecule has 4 nitrogen and oxygen atoms in total. The summed E-state index contributed by atoms with van der Waals surface area (Å²) in [5.41, 5.74) is 1.43. The van der Waals surface area contributed by atoms with E-state index < -0.39 is 0 Å². The van der Waals surface area contributed by atoms with Gasteiger partial charge in [0.05, 0.1) is 6.61 Å². The molecule has 0 spiro atoms. The van der Waals surface area contributed by atoms with E-state index in [1.165, 1.54) is 70.8 Å². The van der Waals surface area contributed by atoms with Crippen molar-refractivity contribution in [3.8, 4) is 0 Å². The second-order valence-electron chi connectivity index (χ2n) is 7.37. The van der Waals surface area contributed by atoms with Crippen molar-refractivity contribution in [3.05, 3.63) is 35.9 Å². The maximum absolute atomic E-state index is 5.34. The van der Waals surface area contributed by atoms with Gasteiger partial charge in [-0.1, -0.05) is 30.3 Å². The zero-order valence-corrected chi connectivity index (χ0v) is 15.2. The second-order valence-corrected chi connectivity index (χ2v) is 7.37. The van der Waals surface area contributed by atoms with E-state index in [0.717, 1.165) is 19.1 Å². The summed E-state index contributed by atoms with van der Waals surface area (Å²) in [6, 6.07) is 10.8. The summed E-state index contributed by atoms with van der Waals surface area (Å²) in [5.74, 6) is 0.742. The Morgan fingerprint density at radius 2 is 1.62 bits per heavy atom. The van der Waals surface area contributed by atoms with Gasteiger partial charge in [0.25, 0.3) is 0 Å². The Kier molecular flexibility index (Phi) is 7.09. The lowest BCUT2D eigenvalue weighted by atomic mass is 9.99. The first kappa shape index (κ1) is 17.9. The zero-order valence-electron chi connectivity index (χ0n) is 15.2. The molecule has 0 bridgehead atoms. The lowest BCUT2D eigenvalue weighted by Gasteiger charge is -2.37. The Hall–Kier alpha value is -0.940. The molecule has 0 amide bonds. The van der Waals surface area contributed by atoms with Gasteiger partial charge in [0.15, 0.2) is 0 Å². The highest BCUT2D eigenvalue weighted by atomic mass is 16.5. The van der Waals surface area contributed by atoms with Crippen LogP contribution in [0.25, 0.3) is 0 Å². The third-order valence-corrected chi connectivity index (χ3v) is 5.45. The molecule has 24 heavy (non-hydrogen) atoms. The molecule has 1 aromatic rings. The minimum absolute atomic E-state index is 0.742. The summed E-state index contributed by atoms with van der Waals surface area (Å²) < 4.78 is 5.34. The number of hydrogen-bond donors (Lipinski definition) is 0. The third-order valence-electron chi connectivity index (χ3n) is 5.45. The van der Waals surface area contributed by atoms with E-state index in [2.05, 4.69) is 45.0 Å². The number of ether oxygens (including phenoxy) is 1. The largest absolute Gasteiger partial charge is 0.384 e. The Bertz CT molecular complexity index is 457. The standard InChI is InChI=1S/C20H33N3O/c1-24-18-20-8-5-9-22(17-20)13-10-21-11-14-23(15-12-21)16-19-6-3-2-4-7-19/h2-4,6-7,20H,5,8-18H2,1H3. The molecule has 2 aliphatic rings. The topological polar surface area (TPSA) is 19.0 Å². The van der Waals surface area contributed by atoms with Gasteiger partial charge in [0, 0.05) is 59.5 Å². The smallest absolute Gasteiger partial charge is 0.0502 e. The molecule has 0 saturated carbocycles. The summed E-state index contributed by atoms with van der Waals surface area (Å²) in [7, 11) is 1.83. The van der Waals surface area contributed by atoms with Crippen LogP contribution in [0.2, 0.25) is 0 Å². The van der Waals surface area contributed by atoms with Crippen molar-refractivity contribution in [2.45, 2.75) is 19.4 Å². The van der Waals surface area contributed by atoms with Crippen molar-refractivity contribution in [3.63, 3.8) is 0 Å². The summed E-state index contributed by atoms with van der Waals surface area (Å²) in [5, 5.41) is 0. The van der Waals surface area contributed by atoms with Crippen LogP contribution in [0.5, 0.6) is 0 Å². The number of benzene rings is 1. The van der Waals surface area contributed by atoms with Crippen LogP contribution in [0.1, 0.15) is 18.4 Å². The van der Waals surface area contributed by atoms with Gasteiger partial charge in [0.2, 0.25) is 0 Å². The normalized spacial score (nSPS) is 24.3. The number of piperazine rings is 1. The van der Waals surface area contributed by atoms with Crippen molar-refractivity contribution in [1.82, 2.24) is 14.7 Å². The molecule has 3 rings (SSSR count). The maximum Gasteiger partial charge on any atom is 0.0502 e. The van der Waals surface area contributed by atoms with E-state index in [0.29, 0.717) is 0 Å². The van der Waals surface area contributed by atoms with Crippen LogP contribution in [-0.4, -0.2) is 80.8 Å². The summed E-state index contributed by atoms with van der Waals surface area (Å²) >= 11 is 0. The van der Waals surface area contributed by atoms with Gasteiger partial charge in [-0.2, -0.15) is 0 Å². The number of nitrogens with zero attached hydrogens (tertiary/aromatic N) is 3. The SMILES string of the molecule is COCC1CCCN(CCN2CCN(Cc3ccccc3)CC2)C1. The van der Waals surface area contributed by atoms with E-state index in [9.17, 15) is 0 Å². The average Bonchev–Trinajstić information content (AvgIpc) is 2.63. The monoisotopic (exact) mass is 331 g/mol. The van der Waals surface area contributed by atoms with E-state index >= 15 is 0 Å². The highest BCUT2D eigenvalue weighted by Crippen LogP contribution is 2.16. The van der Waals surface area contributed by atoms with Gasteiger partial charge in [-0.05, 0) is 30.9 Å². The van der Waals surface area contributed by atoms with Crippen LogP contribution >= 0.6 is 0 Å². The van der Waals surface area contributed by atoms with Gasteiger partial charge in [-0.3, -0.25) is 9.80 Å². The van der Waals surface area contributed by atoms with E-state index in [1.54, 1.807) is 0 Å². The third kappa shape index (κ3) is 5.55. The van der Waals surface area contributed by atoms with Gasteiger partial charge in [0.1, 0.15) is 0 Å². The number of likely N-dealkylation sites (tertiary alicyclic amines) is 1. The number of hydrogen-bond acceptors (Lipinski definition) is 4. The Morgan fingerprint density at radius 3 is 2.38 bits per heavy atom. The van der Waals surface area contributed by atoms with Crippen molar-refractivity contribution in [2.24, 2.45) is 5.92 Å². The molecule has 2 heterocycles. The Morgan fingerprint density at radius 1 is 0.917 bits per heavy atom. The maximum atomic E-state index is 5.34. The van der Waals surface area contributed by atoms with Crippen molar-refractivity contribution in [1.29, 1.82) is 0 Å². The molecule has 134 valence electrons. The van der Waals surface area contributed by atoms with Crippen molar-refractivity contribution in [2.75, 3.05) is 66.1 Å². The molecule has 2 aliphatic heterocycles. The number of piperidine rings is 1. The van der Waals surface area contributed by atoms with Crippen LogP contribution in [0.15, 0.2) is 30.3 Å². The van der Waals surface area contributed by atoms with Crippen LogP contribution in [0.3, 0.4) is 0 Å². The lowest BCUT2D eigenvalue weighted by molar-refractivity contribution is 0.0744. The average molecular weight is 332 g/mol. The number of methoxy groups -OCH3 is 1. The van der Waals surface area contributed by atoms with Gasteiger partial charge < -0.3 is 9.64 Å². The first-order valence-electron chi connectivity index (χ1n) is 9.53. The first-order valence-corrected chi connectivity index (χ1v) is 9.53. The number of rotatable bonds is 7. The quantitative estimate of drug-likeness (QED) is 0.762. The van der Waals surface area contributed by atoms with Gasteiger partial charge in [-0.15, -0.1) is 0 Å². The molecule has 1 unspecified atom stereocenters. The van der Waals surface area contributed by atoms with E-state index in [-0.39, 0.29) is 0 Å². The highest BCUT2D eigenvalue weighted by Gasteiger charge is 2.21. The summed E-state index contributed by atoms with van der Waals surface area (Å²) in [6.07, 6.45) is 2.67. The zero-order chi connectivity index (χ0) is 16.6. The van der Waals surface area contributed by atoms with Crippen LogP contribution in [0, 0.1) is 5.92 Å². The highest BCUT2D eigenvalue weighted by molar-refractivity contribution is 5.14. The van der Waals surface area contributed by atoms with Crippen LogP contribution in [-0.2, 0) is 11.3 Å². The Balaban J connectivity index is 1.33. The molecule has 0 aromatic heterocycles. The molecule has 0 N–H and O–H groups in total.